The quantitative estimate of drug-likeness (QED) is 0.114. The SMILES string of the molecule is C=CCOc1ccc2c(c1)[C@H]1[C@H](CCCCO)[C@@H](CCCCO)C=C3C(=NOC4CCCCO4)C[C@H](N(C)C(=O)OC)[C@@](OCC=C)(O2)[C@H]31. The molecule has 0 aromatic heterocycles. The Bertz CT molecular complexity index is 1340. The Hall–Kier alpha value is -3.38. The highest BCUT2D eigenvalue weighted by molar-refractivity contribution is 6.02. The van der Waals surface area contributed by atoms with Crippen molar-refractivity contribution < 1.29 is 43.5 Å². The first-order valence-corrected chi connectivity index (χ1v) is 17.8. The molecule has 1 aromatic rings. The van der Waals surface area contributed by atoms with Gasteiger partial charge in [0.2, 0.25) is 12.1 Å². The molecular weight excluding hydrogens is 628 g/mol. The molecule has 49 heavy (non-hydrogen) atoms. The minimum atomic E-state index is -1.32. The van der Waals surface area contributed by atoms with E-state index < -0.39 is 30.1 Å². The number of carbonyl (C=O) groups is 1. The molecule has 5 rings (SSSR count). The molecule has 2 N–H and O–H groups in total. The van der Waals surface area contributed by atoms with E-state index in [0.717, 1.165) is 61.8 Å². The largest absolute Gasteiger partial charge is 0.490 e. The summed E-state index contributed by atoms with van der Waals surface area (Å²) in [7, 11) is 3.06. The van der Waals surface area contributed by atoms with Gasteiger partial charge in [-0.15, -0.1) is 6.58 Å². The molecule has 2 aliphatic heterocycles. The third kappa shape index (κ3) is 8.01. The zero-order chi connectivity index (χ0) is 34.8. The fraction of sp³-hybridized carbons (Fsp3) is 0.632. The average Bonchev–Trinajstić information content (AvgIpc) is 3.13. The molecule has 1 saturated heterocycles. The highest BCUT2D eigenvalue weighted by Gasteiger charge is 2.65. The van der Waals surface area contributed by atoms with E-state index in [1.807, 2.05) is 12.1 Å². The normalized spacial score (nSPS) is 29.5. The number of methoxy groups -OCH3 is 1. The van der Waals surface area contributed by atoms with Crippen LogP contribution in [0.2, 0.25) is 0 Å². The molecule has 1 unspecified atom stereocenters. The lowest BCUT2D eigenvalue weighted by molar-refractivity contribution is -0.253. The average molecular weight is 683 g/mol. The third-order valence-electron chi connectivity index (χ3n) is 10.4. The molecule has 0 bridgehead atoms. The van der Waals surface area contributed by atoms with Gasteiger partial charge in [-0.25, -0.2) is 4.79 Å². The van der Waals surface area contributed by atoms with Crippen LogP contribution in [0, 0.1) is 17.8 Å². The minimum Gasteiger partial charge on any atom is -0.490 e. The number of aliphatic hydroxyl groups is 2. The van der Waals surface area contributed by atoms with Gasteiger partial charge in [0.05, 0.1) is 32.0 Å². The fourth-order valence-electron chi connectivity index (χ4n) is 8.16. The summed E-state index contributed by atoms with van der Waals surface area (Å²) in [6, 6.07) is 5.22. The minimum absolute atomic E-state index is 0.117. The summed E-state index contributed by atoms with van der Waals surface area (Å²) in [6.07, 6.45) is 12.6. The number of hydrogen-bond donors (Lipinski definition) is 2. The molecule has 1 amide bonds. The van der Waals surface area contributed by atoms with Crippen molar-refractivity contribution >= 4 is 11.8 Å². The lowest BCUT2D eigenvalue weighted by atomic mass is 9.55. The van der Waals surface area contributed by atoms with E-state index in [0.29, 0.717) is 44.0 Å². The maximum Gasteiger partial charge on any atom is 0.409 e. The van der Waals surface area contributed by atoms with Gasteiger partial charge in [-0.1, -0.05) is 42.8 Å². The number of hydrogen-bond acceptors (Lipinski definition) is 10. The van der Waals surface area contributed by atoms with Crippen LogP contribution in [0.4, 0.5) is 4.79 Å². The number of allylic oxidation sites excluding steroid dienone is 1. The predicted octanol–water partition coefficient (Wildman–Crippen LogP) is 6.11. The maximum absolute atomic E-state index is 13.3. The second kappa shape index (κ2) is 17.5. The van der Waals surface area contributed by atoms with Crippen molar-refractivity contribution in [2.75, 3.05) is 47.2 Å². The number of rotatable bonds is 17. The number of amides is 1. The zero-order valence-corrected chi connectivity index (χ0v) is 29.1. The molecule has 1 aromatic carbocycles. The van der Waals surface area contributed by atoms with E-state index in [1.54, 1.807) is 24.1 Å². The Morgan fingerprint density at radius 1 is 1.10 bits per heavy atom. The number of nitrogens with zero attached hydrogens (tertiary/aromatic N) is 2. The number of fused-ring (bicyclic) bond motifs is 2. The molecule has 2 heterocycles. The molecule has 2 fully saturated rings. The summed E-state index contributed by atoms with van der Waals surface area (Å²) in [6.45, 7) is 9.18. The summed E-state index contributed by atoms with van der Waals surface area (Å²) in [5.41, 5.74) is 2.68. The maximum atomic E-state index is 13.3. The van der Waals surface area contributed by atoms with Crippen molar-refractivity contribution in [2.24, 2.45) is 22.9 Å². The van der Waals surface area contributed by atoms with Gasteiger partial charge in [0.25, 0.3) is 0 Å². The van der Waals surface area contributed by atoms with Crippen LogP contribution in [0.5, 0.6) is 11.5 Å². The van der Waals surface area contributed by atoms with E-state index in [4.69, 9.17) is 33.7 Å². The lowest BCUT2D eigenvalue weighted by Crippen LogP contribution is -2.69. The van der Waals surface area contributed by atoms with Crippen LogP contribution in [0.15, 0.2) is 60.3 Å². The molecule has 1 saturated carbocycles. The monoisotopic (exact) mass is 682 g/mol. The summed E-state index contributed by atoms with van der Waals surface area (Å²) < 4.78 is 31.0. The van der Waals surface area contributed by atoms with Crippen molar-refractivity contribution in [1.82, 2.24) is 4.90 Å². The first-order chi connectivity index (χ1) is 23.9. The van der Waals surface area contributed by atoms with Crippen LogP contribution in [0.25, 0.3) is 0 Å². The Morgan fingerprint density at radius 2 is 1.88 bits per heavy atom. The van der Waals surface area contributed by atoms with Crippen molar-refractivity contribution in [2.45, 2.75) is 88.2 Å². The Balaban J connectivity index is 1.73. The number of unbranched alkanes of at least 4 members (excludes halogenated alkanes) is 2. The number of oxime groups is 1. The van der Waals surface area contributed by atoms with Gasteiger partial charge >= 0.3 is 6.09 Å². The first kappa shape index (κ1) is 36.9. The molecule has 4 aliphatic rings. The lowest BCUT2D eigenvalue weighted by Gasteiger charge is -2.59. The van der Waals surface area contributed by atoms with Gasteiger partial charge in [0.1, 0.15) is 24.1 Å². The van der Waals surface area contributed by atoms with Gasteiger partial charge in [-0.2, -0.15) is 0 Å². The van der Waals surface area contributed by atoms with Crippen molar-refractivity contribution in [3.05, 3.63) is 60.7 Å². The number of ether oxygens (including phenoxy) is 5. The van der Waals surface area contributed by atoms with Crippen molar-refractivity contribution in [3.8, 4) is 11.5 Å². The van der Waals surface area contributed by atoms with Crippen LogP contribution in [-0.2, 0) is 19.0 Å². The molecule has 11 nitrogen and oxygen atoms in total. The second-order valence-electron chi connectivity index (χ2n) is 13.4. The van der Waals surface area contributed by atoms with Crippen LogP contribution in [0.1, 0.15) is 75.7 Å². The predicted molar refractivity (Wildman–Crippen MR) is 185 cm³/mol. The summed E-state index contributed by atoms with van der Waals surface area (Å²) in [5, 5.41) is 24.3. The Morgan fingerprint density at radius 3 is 2.57 bits per heavy atom. The Kier molecular flexibility index (Phi) is 13.2. The van der Waals surface area contributed by atoms with E-state index in [-0.39, 0.29) is 37.6 Å². The zero-order valence-electron chi connectivity index (χ0n) is 29.1. The van der Waals surface area contributed by atoms with Gasteiger partial charge in [0, 0.05) is 44.6 Å². The van der Waals surface area contributed by atoms with E-state index >= 15 is 0 Å². The highest BCUT2D eigenvalue weighted by Crippen LogP contribution is 2.61. The summed E-state index contributed by atoms with van der Waals surface area (Å²) >= 11 is 0. The Labute approximate surface area is 290 Å². The van der Waals surface area contributed by atoms with Crippen LogP contribution >= 0.6 is 0 Å². The standard InChI is InChI=1S/C38H54N2O9/c1-5-20-45-27-16-17-32-30(24-27)35-28(14-8-11-19-42)26(13-7-10-18-41)23-29-31(39-49-34-15-9-12-22-46-34)25-33(40(3)37(43)44-4)38(48-32,36(29)35)47-21-6-2/h5-6,16-17,23-24,26,28,33-36,41-42H,1-2,7-15,18-22,25H2,3-4H3/t26-,28+,33-,34?,35+,36+,38+/m0/s1. The van der Waals surface area contributed by atoms with Gasteiger partial charge in [-0.05, 0) is 74.1 Å². The molecule has 0 radical (unpaired) electrons. The van der Waals surface area contributed by atoms with E-state index in [9.17, 15) is 15.0 Å². The van der Waals surface area contributed by atoms with Crippen LogP contribution in [-0.4, -0.2) is 92.2 Å². The van der Waals surface area contributed by atoms with Crippen molar-refractivity contribution in [3.63, 3.8) is 0 Å². The second-order valence-corrected chi connectivity index (χ2v) is 13.4. The van der Waals surface area contributed by atoms with Gasteiger partial charge in [0.15, 0.2) is 0 Å². The first-order valence-electron chi connectivity index (χ1n) is 17.8. The molecule has 7 atom stereocenters. The molecule has 11 heteroatoms. The number of aliphatic hydroxyl groups excluding tert-OH is 2. The summed E-state index contributed by atoms with van der Waals surface area (Å²) in [5.74, 6) is -0.242. The van der Waals surface area contributed by atoms with Crippen LogP contribution in [0.3, 0.4) is 0 Å². The van der Waals surface area contributed by atoms with Gasteiger partial charge in [-0.3, -0.25) is 0 Å². The fourth-order valence-corrected chi connectivity index (χ4v) is 8.16. The third-order valence-corrected chi connectivity index (χ3v) is 10.4. The van der Waals surface area contributed by atoms with E-state index in [1.165, 1.54) is 7.11 Å². The number of carbonyl (C=O) groups excluding carboxylic acids is 1. The number of benzene rings is 1. The highest BCUT2D eigenvalue weighted by atomic mass is 16.8. The van der Waals surface area contributed by atoms with E-state index in [2.05, 4.69) is 25.3 Å². The molecule has 0 spiro atoms. The molecular formula is C38H54N2O9. The van der Waals surface area contributed by atoms with Gasteiger partial charge < -0.3 is 43.6 Å². The molecule has 2 aliphatic carbocycles. The summed E-state index contributed by atoms with van der Waals surface area (Å²) in [4.78, 5) is 20.9. The number of likely N-dealkylation sites (N-methyl/N-ethyl adjacent to an activating group) is 1. The smallest absolute Gasteiger partial charge is 0.409 e. The molecule has 270 valence electrons. The topological polar surface area (TPSA) is 129 Å². The van der Waals surface area contributed by atoms with Crippen molar-refractivity contribution in [1.29, 1.82) is 0 Å². The van der Waals surface area contributed by atoms with Crippen LogP contribution < -0.4 is 9.47 Å².